The number of hydrogen-bond acceptors (Lipinski definition) is 5. The molecule has 7 nitrogen and oxygen atoms in total. The van der Waals surface area contributed by atoms with Crippen LogP contribution in [0.2, 0.25) is 0 Å². The lowest BCUT2D eigenvalue weighted by molar-refractivity contribution is -0.0498. The highest BCUT2D eigenvalue weighted by Crippen LogP contribution is 2.21. The van der Waals surface area contributed by atoms with Gasteiger partial charge < -0.3 is 15.0 Å². The Hall–Kier alpha value is -2.55. The summed E-state index contributed by atoms with van der Waals surface area (Å²) in [5, 5.41) is 11.3. The molecule has 1 aromatic heterocycles. The van der Waals surface area contributed by atoms with E-state index in [4.69, 9.17) is 0 Å². The zero-order chi connectivity index (χ0) is 19.4. The standard InChI is InChI=1S/C18H23F2N5O2/c1-12-16(17(26)24-9-3-4-13(11-24)10-21-2)22-23-25(12)14-5-7-15(8-6-14)27-18(19)20/h5-8,13,18,21H,3-4,9-11H2,1-2H3. The third-order valence-corrected chi connectivity index (χ3v) is 4.70. The minimum absolute atomic E-state index is 0.0618. The van der Waals surface area contributed by atoms with Gasteiger partial charge in [-0.2, -0.15) is 8.78 Å². The number of piperidine rings is 1. The van der Waals surface area contributed by atoms with Gasteiger partial charge in [0.15, 0.2) is 5.69 Å². The van der Waals surface area contributed by atoms with Crippen molar-refractivity contribution in [2.75, 3.05) is 26.7 Å². The zero-order valence-electron chi connectivity index (χ0n) is 15.4. The van der Waals surface area contributed by atoms with Crippen LogP contribution in [0.5, 0.6) is 5.75 Å². The molecule has 1 unspecified atom stereocenters. The number of alkyl halides is 2. The number of nitrogens with one attached hydrogen (secondary N) is 1. The molecule has 1 atom stereocenters. The number of nitrogens with zero attached hydrogens (tertiary/aromatic N) is 4. The van der Waals surface area contributed by atoms with E-state index in [1.54, 1.807) is 19.1 Å². The van der Waals surface area contributed by atoms with Gasteiger partial charge >= 0.3 is 6.61 Å². The zero-order valence-corrected chi connectivity index (χ0v) is 15.4. The quantitative estimate of drug-likeness (QED) is 0.834. The second-order valence-electron chi connectivity index (χ2n) is 6.62. The summed E-state index contributed by atoms with van der Waals surface area (Å²) >= 11 is 0. The summed E-state index contributed by atoms with van der Waals surface area (Å²) in [6, 6.07) is 6.04. The highest BCUT2D eigenvalue weighted by atomic mass is 19.3. The van der Waals surface area contributed by atoms with Crippen molar-refractivity contribution in [3.05, 3.63) is 35.7 Å². The van der Waals surface area contributed by atoms with Crippen LogP contribution in [0, 0.1) is 12.8 Å². The van der Waals surface area contributed by atoms with Crippen molar-refractivity contribution in [2.24, 2.45) is 5.92 Å². The number of ether oxygens (including phenoxy) is 1. The first-order valence-corrected chi connectivity index (χ1v) is 8.91. The average molecular weight is 379 g/mol. The fraction of sp³-hybridized carbons (Fsp3) is 0.500. The van der Waals surface area contributed by atoms with Crippen molar-refractivity contribution < 1.29 is 18.3 Å². The van der Waals surface area contributed by atoms with Gasteiger partial charge in [-0.05, 0) is 63.5 Å². The first-order chi connectivity index (χ1) is 13.0. The van der Waals surface area contributed by atoms with E-state index in [9.17, 15) is 13.6 Å². The Labute approximate surface area is 156 Å². The molecule has 9 heteroatoms. The summed E-state index contributed by atoms with van der Waals surface area (Å²) in [5.41, 5.74) is 1.54. The molecule has 1 fully saturated rings. The second kappa shape index (κ2) is 8.43. The molecule has 1 aromatic carbocycles. The molecule has 1 aliphatic heterocycles. The molecule has 146 valence electrons. The lowest BCUT2D eigenvalue weighted by atomic mass is 9.97. The number of halogens is 2. The Morgan fingerprint density at radius 1 is 1.37 bits per heavy atom. The SMILES string of the molecule is CNCC1CCCN(C(=O)c2nnn(-c3ccc(OC(F)F)cc3)c2C)C1. The van der Waals surface area contributed by atoms with Crippen LogP contribution in [0.3, 0.4) is 0 Å². The van der Waals surface area contributed by atoms with E-state index in [2.05, 4.69) is 20.4 Å². The molecule has 2 aromatic rings. The van der Waals surface area contributed by atoms with E-state index in [1.807, 2.05) is 11.9 Å². The van der Waals surface area contributed by atoms with E-state index >= 15 is 0 Å². The molecule has 0 radical (unpaired) electrons. The third kappa shape index (κ3) is 4.41. The highest BCUT2D eigenvalue weighted by molar-refractivity contribution is 5.93. The molecule has 0 aliphatic carbocycles. The van der Waals surface area contributed by atoms with Crippen molar-refractivity contribution in [1.82, 2.24) is 25.2 Å². The Kier molecular flexibility index (Phi) is 6.00. The summed E-state index contributed by atoms with van der Waals surface area (Å²) in [6.07, 6.45) is 2.07. The molecule has 1 amide bonds. The smallest absolute Gasteiger partial charge is 0.387 e. The van der Waals surface area contributed by atoms with Gasteiger partial charge in [0.05, 0.1) is 11.4 Å². The minimum atomic E-state index is -2.87. The van der Waals surface area contributed by atoms with Gasteiger partial charge in [-0.15, -0.1) is 5.10 Å². The van der Waals surface area contributed by atoms with Crippen LogP contribution in [0.4, 0.5) is 8.78 Å². The Morgan fingerprint density at radius 3 is 2.78 bits per heavy atom. The molecule has 0 bridgehead atoms. The monoisotopic (exact) mass is 379 g/mol. The summed E-state index contributed by atoms with van der Waals surface area (Å²) in [7, 11) is 1.91. The normalized spacial score (nSPS) is 17.4. The number of benzene rings is 1. The first kappa shape index (κ1) is 19.2. The maximum atomic E-state index is 12.9. The number of hydrogen-bond donors (Lipinski definition) is 1. The van der Waals surface area contributed by atoms with Gasteiger partial charge in [0.2, 0.25) is 0 Å². The van der Waals surface area contributed by atoms with Crippen molar-refractivity contribution in [2.45, 2.75) is 26.4 Å². The van der Waals surface area contributed by atoms with Gasteiger partial charge in [0, 0.05) is 13.1 Å². The van der Waals surface area contributed by atoms with E-state index in [0.29, 0.717) is 36.1 Å². The van der Waals surface area contributed by atoms with Crippen LogP contribution < -0.4 is 10.1 Å². The van der Waals surface area contributed by atoms with E-state index in [0.717, 1.165) is 19.4 Å². The molecule has 2 heterocycles. The minimum Gasteiger partial charge on any atom is -0.435 e. The number of amides is 1. The van der Waals surface area contributed by atoms with Crippen LogP contribution in [0.25, 0.3) is 5.69 Å². The highest BCUT2D eigenvalue weighted by Gasteiger charge is 2.27. The van der Waals surface area contributed by atoms with Crippen LogP contribution in [-0.4, -0.2) is 59.1 Å². The van der Waals surface area contributed by atoms with Crippen molar-refractivity contribution in [3.8, 4) is 11.4 Å². The fourth-order valence-electron chi connectivity index (χ4n) is 3.40. The number of aromatic nitrogens is 3. The molecule has 27 heavy (non-hydrogen) atoms. The van der Waals surface area contributed by atoms with Crippen LogP contribution in [0.1, 0.15) is 29.0 Å². The van der Waals surface area contributed by atoms with Gasteiger partial charge in [0.1, 0.15) is 5.75 Å². The molecule has 0 saturated carbocycles. The molecule has 1 N–H and O–H groups in total. The van der Waals surface area contributed by atoms with Crippen LogP contribution in [-0.2, 0) is 0 Å². The van der Waals surface area contributed by atoms with Gasteiger partial charge in [-0.1, -0.05) is 5.21 Å². The lowest BCUT2D eigenvalue weighted by Gasteiger charge is -2.32. The summed E-state index contributed by atoms with van der Waals surface area (Å²) in [5.74, 6) is 0.370. The molecular weight excluding hydrogens is 356 g/mol. The summed E-state index contributed by atoms with van der Waals surface area (Å²) in [6.45, 7) is 1.19. The summed E-state index contributed by atoms with van der Waals surface area (Å²) in [4.78, 5) is 14.7. The predicted molar refractivity (Wildman–Crippen MR) is 95.3 cm³/mol. The van der Waals surface area contributed by atoms with Crippen molar-refractivity contribution in [1.29, 1.82) is 0 Å². The Balaban J connectivity index is 1.75. The van der Waals surface area contributed by atoms with Crippen LogP contribution in [0.15, 0.2) is 24.3 Å². The van der Waals surface area contributed by atoms with Crippen molar-refractivity contribution in [3.63, 3.8) is 0 Å². The Bertz CT molecular complexity index is 777. The maximum absolute atomic E-state index is 12.9. The summed E-state index contributed by atoms with van der Waals surface area (Å²) < 4.78 is 30.4. The number of carbonyl (C=O) groups excluding carboxylic acids is 1. The third-order valence-electron chi connectivity index (χ3n) is 4.70. The molecule has 0 spiro atoms. The van der Waals surface area contributed by atoms with Crippen LogP contribution >= 0.6 is 0 Å². The van der Waals surface area contributed by atoms with E-state index < -0.39 is 6.61 Å². The molecular formula is C18H23F2N5O2. The number of carbonyl (C=O) groups is 1. The second-order valence-corrected chi connectivity index (χ2v) is 6.62. The largest absolute Gasteiger partial charge is 0.435 e. The maximum Gasteiger partial charge on any atom is 0.387 e. The van der Waals surface area contributed by atoms with E-state index in [-0.39, 0.29) is 11.7 Å². The molecule has 1 saturated heterocycles. The first-order valence-electron chi connectivity index (χ1n) is 8.91. The number of rotatable bonds is 6. The number of likely N-dealkylation sites (tertiary alicyclic amines) is 1. The lowest BCUT2D eigenvalue weighted by Crippen LogP contribution is -2.42. The predicted octanol–water partition coefficient (Wildman–Crippen LogP) is 2.25. The fourth-order valence-corrected chi connectivity index (χ4v) is 3.40. The topological polar surface area (TPSA) is 72.3 Å². The average Bonchev–Trinajstić information content (AvgIpc) is 3.03. The van der Waals surface area contributed by atoms with Gasteiger partial charge in [0.25, 0.3) is 5.91 Å². The van der Waals surface area contributed by atoms with Gasteiger partial charge in [-0.25, -0.2) is 4.68 Å². The Morgan fingerprint density at radius 2 is 2.11 bits per heavy atom. The van der Waals surface area contributed by atoms with Gasteiger partial charge in [-0.3, -0.25) is 4.79 Å². The van der Waals surface area contributed by atoms with Crippen molar-refractivity contribution >= 4 is 5.91 Å². The molecule has 1 aliphatic rings. The molecule has 3 rings (SSSR count). The van der Waals surface area contributed by atoms with E-state index in [1.165, 1.54) is 16.8 Å².